The van der Waals surface area contributed by atoms with E-state index in [1.807, 2.05) is 53.4 Å². The number of hydrogen-bond donors (Lipinski definition) is 1. The third-order valence-corrected chi connectivity index (χ3v) is 7.80. The number of carbonyl (C=O) groups excluding carboxylic acids is 2. The number of halogens is 1. The van der Waals surface area contributed by atoms with E-state index in [0.29, 0.717) is 22.0 Å². The monoisotopic (exact) mass is 518 g/mol. The fourth-order valence-electron chi connectivity index (χ4n) is 5.71. The van der Waals surface area contributed by atoms with Gasteiger partial charge in [-0.05, 0) is 60.4 Å². The van der Waals surface area contributed by atoms with Crippen LogP contribution in [0.15, 0.2) is 66.7 Å². The van der Waals surface area contributed by atoms with E-state index in [1.54, 1.807) is 32.4 Å². The van der Waals surface area contributed by atoms with Crippen molar-refractivity contribution in [3.8, 4) is 11.5 Å². The lowest BCUT2D eigenvalue weighted by Crippen LogP contribution is -2.51. The second-order valence-electron chi connectivity index (χ2n) is 9.63. The number of fused-ring (bicyclic) bond motifs is 1. The fraction of sp³-hybridized carbons (Fsp3) is 0.333. The van der Waals surface area contributed by atoms with Crippen molar-refractivity contribution in [1.29, 1.82) is 0 Å². The smallest absolute Gasteiger partial charge is 0.254 e. The molecule has 7 heteroatoms. The largest absolute Gasteiger partial charge is 0.497 e. The first-order chi connectivity index (χ1) is 18.0. The molecule has 2 amide bonds. The maximum absolute atomic E-state index is 14.1. The molecule has 0 spiro atoms. The molecule has 37 heavy (non-hydrogen) atoms. The topological polar surface area (TPSA) is 67.9 Å². The van der Waals surface area contributed by atoms with Crippen molar-refractivity contribution < 1.29 is 19.1 Å². The summed E-state index contributed by atoms with van der Waals surface area (Å²) in [6.07, 6.45) is 5.19. The van der Waals surface area contributed by atoms with Crippen molar-refractivity contribution in [3.05, 3.63) is 88.4 Å². The van der Waals surface area contributed by atoms with Crippen molar-refractivity contribution in [2.75, 3.05) is 19.5 Å². The first kappa shape index (κ1) is 25.2. The molecular weight excluding hydrogens is 488 g/mol. The highest BCUT2D eigenvalue weighted by atomic mass is 35.5. The fourth-order valence-corrected chi connectivity index (χ4v) is 5.97. The van der Waals surface area contributed by atoms with Crippen molar-refractivity contribution in [2.24, 2.45) is 0 Å². The van der Waals surface area contributed by atoms with E-state index >= 15 is 0 Å². The van der Waals surface area contributed by atoms with Crippen LogP contribution < -0.4 is 14.8 Å². The lowest BCUT2D eigenvalue weighted by molar-refractivity contribution is -0.119. The molecule has 1 aliphatic heterocycles. The standard InChI is InChI=1S/C30H31ClN2O4/c1-36-22-15-12-19(13-16-22)28-27(29(34)32-20-14-17-26(37-2)25(31)18-20)23-10-6-7-11-24(23)30(35)33(28)21-8-4-3-5-9-21/h6-7,10-18,21,27-28H,3-5,8-9H2,1-2H3,(H,32,34)/t27-,28+/m1/s1. The van der Waals surface area contributed by atoms with Gasteiger partial charge in [0.25, 0.3) is 5.91 Å². The van der Waals surface area contributed by atoms with Gasteiger partial charge in [0.15, 0.2) is 0 Å². The average molecular weight is 519 g/mol. The first-order valence-corrected chi connectivity index (χ1v) is 13.1. The molecule has 2 aliphatic rings. The van der Waals surface area contributed by atoms with E-state index < -0.39 is 12.0 Å². The van der Waals surface area contributed by atoms with Gasteiger partial charge in [0.1, 0.15) is 11.5 Å². The van der Waals surface area contributed by atoms with Crippen LogP contribution in [-0.4, -0.2) is 37.0 Å². The molecule has 2 atom stereocenters. The molecule has 0 aromatic heterocycles. The Morgan fingerprint density at radius 3 is 2.35 bits per heavy atom. The SMILES string of the molecule is COc1ccc([C@H]2[C@H](C(=O)Nc3ccc(OC)c(Cl)c3)c3ccccc3C(=O)N2C2CCCCC2)cc1. The summed E-state index contributed by atoms with van der Waals surface area (Å²) in [6, 6.07) is 20.0. The number of methoxy groups -OCH3 is 2. The van der Waals surface area contributed by atoms with Gasteiger partial charge in [-0.1, -0.05) is 61.2 Å². The second kappa shape index (κ2) is 10.9. The average Bonchev–Trinajstić information content (AvgIpc) is 2.93. The number of ether oxygens (including phenoxy) is 2. The van der Waals surface area contributed by atoms with Crippen molar-refractivity contribution in [3.63, 3.8) is 0 Å². The zero-order valence-electron chi connectivity index (χ0n) is 21.1. The van der Waals surface area contributed by atoms with Gasteiger partial charge in [-0.25, -0.2) is 0 Å². The molecule has 1 fully saturated rings. The Morgan fingerprint density at radius 1 is 0.946 bits per heavy atom. The molecule has 0 bridgehead atoms. The van der Waals surface area contributed by atoms with E-state index in [0.717, 1.165) is 42.6 Å². The first-order valence-electron chi connectivity index (χ1n) is 12.7. The maximum atomic E-state index is 14.1. The van der Waals surface area contributed by atoms with Crippen LogP contribution in [0, 0.1) is 0 Å². The highest BCUT2D eigenvalue weighted by molar-refractivity contribution is 6.32. The molecule has 1 saturated carbocycles. The van der Waals surface area contributed by atoms with E-state index in [4.69, 9.17) is 21.1 Å². The summed E-state index contributed by atoms with van der Waals surface area (Å²) >= 11 is 6.34. The van der Waals surface area contributed by atoms with Crippen LogP contribution in [0.3, 0.4) is 0 Å². The third kappa shape index (κ3) is 4.90. The van der Waals surface area contributed by atoms with E-state index in [-0.39, 0.29) is 17.9 Å². The normalized spacial score (nSPS) is 19.8. The molecule has 1 aliphatic carbocycles. The summed E-state index contributed by atoms with van der Waals surface area (Å²) in [5.41, 5.74) is 2.80. The summed E-state index contributed by atoms with van der Waals surface area (Å²) in [6.45, 7) is 0. The molecule has 6 nitrogen and oxygen atoms in total. The Kier molecular flexibility index (Phi) is 7.38. The van der Waals surface area contributed by atoms with Crippen LogP contribution in [-0.2, 0) is 4.79 Å². The van der Waals surface area contributed by atoms with Crippen LogP contribution in [0.5, 0.6) is 11.5 Å². The molecule has 5 rings (SSSR count). The van der Waals surface area contributed by atoms with Gasteiger partial charge < -0.3 is 19.7 Å². The lowest BCUT2D eigenvalue weighted by Gasteiger charge is -2.46. The Hall–Kier alpha value is -3.51. The Bertz CT molecular complexity index is 1290. The number of rotatable bonds is 6. The summed E-state index contributed by atoms with van der Waals surface area (Å²) in [5, 5.41) is 3.48. The number of amides is 2. The van der Waals surface area contributed by atoms with Crippen LogP contribution >= 0.6 is 11.6 Å². The van der Waals surface area contributed by atoms with Crippen LogP contribution in [0.4, 0.5) is 5.69 Å². The van der Waals surface area contributed by atoms with Gasteiger partial charge in [0.2, 0.25) is 5.91 Å². The number of benzene rings is 3. The summed E-state index contributed by atoms with van der Waals surface area (Å²) in [7, 11) is 3.18. The van der Waals surface area contributed by atoms with E-state index in [2.05, 4.69) is 5.32 Å². The van der Waals surface area contributed by atoms with Gasteiger partial charge >= 0.3 is 0 Å². The molecule has 0 unspecified atom stereocenters. The lowest BCUT2D eigenvalue weighted by atomic mass is 9.77. The zero-order valence-corrected chi connectivity index (χ0v) is 21.8. The minimum atomic E-state index is -0.606. The molecule has 3 aromatic carbocycles. The number of anilines is 1. The molecule has 0 radical (unpaired) electrons. The van der Waals surface area contributed by atoms with Gasteiger partial charge in [-0.3, -0.25) is 9.59 Å². The van der Waals surface area contributed by atoms with Gasteiger partial charge in [0.05, 0.1) is 31.2 Å². The Balaban J connectivity index is 1.61. The van der Waals surface area contributed by atoms with Crippen molar-refractivity contribution >= 4 is 29.1 Å². The second-order valence-corrected chi connectivity index (χ2v) is 10.0. The van der Waals surface area contributed by atoms with E-state index in [1.165, 1.54) is 6.42 Å². The molecular formula is C30H31ClN2O4. The molecule has 1 N–H and O–H groups in total. The third-order valence-electron chi connectivity index (χ3n) is 7.50. The summed E-state index contributed by atoms with van der Waals surface area (Å²) < 4.78 is 10.6. The molecule has 0 saturated heterocycles. The minimum Gasteiger partial charge on any atom is -0.497 e. The Labute approximate surface area is 222 Å². The van der Waals surface area contributed by atoms with Crippen LogP contribution in [0.2, 0.25) is 5.02 Å². The van der Waals surface area contributed by atoms with Crippen molar-refractivity contribution in [1.82, 2.24) is 4.90 Å². The minimum absolute atomic E-state index is 0.0140. The van der Waals surface area contributed by atoms with Gasteiger partial charge in [0, 0.05) is 17.3 Å². The maximum Gasteiger partial charge on any atom is 0.254 e. The zero-order chi connectivity index (χ0) is 25.9. The molecule has 1 heterocycles. The number of hydrogen-bond acceptors (Lipinski definition) is 4. The summed E-state index contributed by atoms with van der Waals surface area (Å²) in [5.74, 6) is 0.449. The Morgan fingerprint density at radius 2 is 1.68 bits per heavy atom. The van der Waals surface area contributed by atoms with Gasteiger partial charge in [-0.15, -0.1) is 0 Å². The van der Waals surface area contributed by atoms with Crippen LogP contribution in [0.25, 0.3) is 0 Å². The van der Waals surface area contributed by atoms with E-state index in [9.17, 15) is 9.59 Å². The summed E-state index contributed by atoms with van der Waals surface area (Å²) in [4.78, 5) is 30.1. The van der Waals surface area contributed by atoms with Crippen molar-refractivity contribution in [2.45, 2.75) is 50.1 Å². The highest BCUT2D eigenvalue weighted by Gasteiger charge is 2.46. The number of nitrogens with one attached hydrogen (secondary N) is 1. The van der Waals surface area contributed by atoms with Crippen LogP contribution in [0.1, 0.15) is 65.5 Å². The number of carbonyl (C=O) groups is 2. The molecule has 192 valence electrons. The highest BCUT2D eigenvalue weighted by Crippen LogP contribution is 2.46. The molecule has 3 aromatic rings. The number of nitrogens with zero attached hydrogens (tertiary/aromatic N) is 1. The quantitative estimate of drug-likeness (QED) is 0.398. The predicted molar refractivity (Wildman–Crippen MR) is 145 cm³/mol. The predicted octanol–water partition coefficient (Wildman–Crippen LogP) is 6.61. The van der Waals surface area contributed by atoms with Gasteiger partial charge in [-0.2, -0.15) is 0 Å².